The number of Topliss-reactive ketones (excluding diaryl/α,β-unsaturated/α-hetero) is 1. The maximum atomic E-state index is 11.7. The molecular formula is C16H20O2. The summed E-state index contributed by atoms with van der Waals surface area (Å²) in [5.41, 5.74) is 1.79. The van der Waals surface area contributed by atoms with Crippen LogP contribution < -0.4 is 0 Å². The molecule has 2 nitrogen and oxygen atoms in total. The minimum atomic E-state index is -0.151. The van der Waals surface area contributed by atoms with Gasteiger partial charge in [0.1, 0.15) is 5.76 Å². The Hall–Kier alpha value is -1.83. The van der Waals surface area contributed by atoms with Gasteiger partial charge in [0.05, 0.1) is 5.57 Å². The van der Waals surface area contributed by atoms with Crippen LogP contribution in [0.25, 0.3) is 5.57 Å². The van der Waals surface area contributed by atoms with E-state index < -0.39 is 0 Å². The molecule has 0 amide bonds. The summed E-state index contributed by atoms with van der Waals surface area (Å²) in [7, 11) is 0. The second kappa shape index (κ2) is 6.20. The van der Waals surface area contributed by atoms with Gasteiger partial charge in [-0.05, 0) is 24.0 Å². The standard InChI is InChI=1S/C16H20O2/c1-11(2)10-15(18)16(13(4)17)12(3)14-8-6-5-7-9-14/h5-9,11,18H,3,10H2,1-2,4H3/b16-15-. The van der Waals surface area contributed by atoms with Crippen molar-refractivity contribution in [3.05, 3.63) is 53.8 Å². The number of allylic oxidation sites excluding steroid dienone is 3. The largest absolute Gasteiger partial charge is 0.512 e. The molecule has 0 aliphatic rings. The Kier molecular flexibility index (Phi) is 4.90. The number of carbonyl (C=O) groups is 1. The van der Waals surface area contributed by atoms with Gasteiger partial charge in [-0.3, -0.25) is 4.79 Å². The molecule has 18 heavy (non-hydrogen) atoms. The Morgan fingerprint density at radius 2 is 1.83 bits per heavy atom. The number of ketones is 1. The summed E-state index contributed by atoms with van der Waals surface area (Å²) in [5, 5.41) is 10.1. The first-order chi connectivity index (χ1) is 8.43. The molecule has 2 heteroatoms. The van der Waals surface area contributed by atoms with Crippen molar-refractivity contribution in [2.45, 2.75) is 27.2 Å². The van der Waals surface area contributed by atoms with Crippen LogP contribution in [0, 0.1) is 5.92 Å². The van der Waals surface area contributed by atoms with E-state index in [-0.39, 0.29) is 11.5 Å². The SMILES string of the molecule is C=C(/C(C(C)=O)=C(/O)CC(C)C)c1ccccc1. The summed E-state index contributed by atoms with van der Waals surface area (Å²) in [5.74, 6) is 0.274. The molecule has 0 fully saturated rings. The van der Waals surface area contributed by atoms with Crippen LogP contribution in [0.1, 0.15) is 32.8 Å². The van der Waals surface area contributed by atoms with Gasteiger partial charge in [0, 0.05) is 6.42 Å². The zero-order valence-electron chi connectivity index (χ0n) is 11.2. The molecule has 0 aromatic heterocycles. The molecule has 1 aromatic carbocycles. The van der Waals surface area contributed by atoms with Crippen LogP contribution in [0.15, 0.2) is 48.2 Å². The van der Waals surface area contributed by atoms with Crippen LogP contribution in [-0.4, -0.2) is 10.9 Å². The lowest BCUT2D eigenvalue weighted by Crippen LogP contribution is -2.06. The minimum absolute atomic E-state index is 0.131. The molecule has 1 N–H and O–H groups in total. The van der Waals surface area contributed by atoms with E-state index >= 15 is 0 Å². The predicted molar refractivity (Wildman–Crippen MR) is 75.3 cm³/mol. The van der Waals surface area contributed by atoms with Crippen molar-refractivity contribution in [2.24, 2.45) is 5.92 Å². The number of benzene rings is 1. The van der Waals surface area contributed by atoms with E-state index in [4.69, 9.17) is 0 Å². The van der Waals surface area contributed by atoms with Gasteiger partial charge >= 0.3 is 0 Å². The second-order valence-corrected chi connectivity index (χ2v) is 4.82. The number of hydrogen-bond donors (Lipinski definition) is 1. The average Bonchev–Trinajstić information content (AvgIpc) is 2.28. The van der Waals surface area contributed by atoms with Crippen molar-refractivity contribution in [3.8, 4) is 0 Å². The van der Waals surface area contributed by atoms with Crippen molar-refractivity contribution in [1.29, 1.82) is 0 Å². The van der Waals surface area contributed by atoms with Gasteiger partial charge < -0.3 is 5.11 Å². The van der Waals surface area contributed by atoms with Crippen LogP contribution in [-0.2, 0) is 4.79 Å². The highest BCUT2D eigenvalue weighted by molar-refractivity contribution is 6.08. The third-order valence-corrected chi connectivity index (χ3v) is 2.67. The Morgan fingerprint density at radius 3 is 2.28 bits per heavy atom. The highest BCUT2D eigenvalue weighted by Gasteiger charge is 2.16. The van der Waals surface area contributed by atoms with E-state index in [0.29, 0.717) is 23.5 Å². The number of hydrogen-bond acceptors (Lipinski definition) is 2. The zero-order chi connectivity index (χ0) is 13.7. The van der Waals surface area contributed by atoms with Crippen molar-refractivity contribution >= 4 is 11.4 Å². The molecule has 0 atom stereocenters. The summed E-state index contributed by atoms with van der Waals surface area (Å²) in [6.07, 6.45) is 0.487. The number of aliphatic hydroxyl groups is 1. The summed E-state index contributed by atoms with van der Waals surface area (Å²) < 4.78 is 0. The summed E-state index contributed by atoms with van der Waals surface area (Å²) in [4.78, 5) is 11.7. The maximum absolute atomic E-state index is 11.7. The van der Waals surface area contributed by atoms with Gasteiger partial charge in [0.25, 0.3) is 0 Å². The molecule has 0 aliphatic carbocycles. The Labute approximate surface area is 109 Å². The van der Waals surface area contributed by atoms with Gasteiger partial charge in [-0.2, -0.15) is 0 Å². The van der Waals surface area contributed by atoms with Crippen molar-refractivity contribution in [3.63, 3.8) is 0 Å². The van der Waals surface area contributed by atoms with E-state index in [1.807, 2.05) is 44.2 Å². The average molecular weight is 244 g/mol. The topological polar surface area (TPSA) is 37.3 Å². The first kappa shape index (κ1) is 14.2. The van der Waals surface area contributed by atoms with Crippen LogP contribution in [0.2, 0.25) is 0 Å². The third kappa shape index (κ3) is 3.59. The number of carbonyl (C=O) groups excluding carboxylic acids is 1. The molecule has 0 heterocycles. The molecule has 1 rings (SSSR count). The van der Waals surface area contributed by atoms with Gasteiger partial charge in [-0.15, -0.1) is 0 Å². The molecule has 0 aliphatic heterocycles. The summed E-state index contributed by atoms with van der Waals surface area (Å²) in [6.45, 7) is 9.39. The number of rotatable bonds is 5. The van der Waals surface area contributed by atoms with Crippen LogP contribution >= 0.6 is 0 Å². The summed E-state index contributed by atoms with van der Waals surface area (Å²) >= 11 is 0. The molecule has 1 aromatic rings. The molecule has 0 radical (unpaired) electrons. The molecule has 0 bridgehead atoms. The Balaban J connectivity index is 3.15. The monoisotopic (exact) mass is 244 g/mol. The molecule has 0 spiro atoms. The molecule has 96 valence electrons. The fourth-order valence-corrected chi connectivity index (χ4v) is 1.86. The van der Waals surface area contributed by atoms with E-state index in [2.05, 4.69) is 6.58 Å². The van der Waals surface area contributed by atoms with E-state index in [1.165, 1.54) is 6.92 Å². The van der Waals surface area contributed by atoms with E-state index in [1.54, 1.807) is 0 Å². The van der Waals surface area contributed by atoms with Crippen molar-refractivity contribution in [1.82, 2.24) is 0 Å². The van der Waals surface area contributed by atoms with Gasteiger partial charge in [-0.1, -0.05) is 50.8 Å². The predicted octanol–water partition coefficient (Wildman–Crippen LogP) is 4.15. The van der Waals surface area contributed by atoms with Gasteiger partial charge in [0.2, 0.25) is 0 Å². The molecular weight excluding hydrogens is 224 g/mol. The Bertz CT molecular complexity index is 467. The lowest BCUT2D eigenvalue weighted by Gasteiger charge is -2.13. The van der Waals surface area contributed by atoms with Crippen LogP contribution in [0.3, 0.4) is 0 Å². The van der Waals surface area contributed by atoms with Gasteiger partial charge in [0.15, 0.2) is 5.78 Å². The highest BCUT2D eigenvalue weighted by Crippen LogP contribution is 2.26. The first-order valence-electron chi connectivity index (χ1n) is 6.11. The Morgan fingerprint density at radius 1 is 1.28 bits per heavy atom. The van der Waals surface area contributed by atoms with Crippen LogP contribution in [0.5, 0.6) is 0 Å². The molecule has 0 saturated carbocycles. The van der Waals surface area contributed by atoms with Crippen molar-refractivity contribution in [2.75, 3.05) is 0 Å². The first-order valence-corrected chi connectivity index (χ1v) is 6.11. The third-order valence-electron chi connectivity index (χ3n) is 2.67. The zero-order valence-corrected chi connectivity index (χ0v) is 11.2. The molecule has 0 unspecified atom stereocenters. The maximum Gasteiger partial charge on any atom is 0.163 e. The molecule has 0 saturated heterocycles. The smallest absolute Gasteiger partial charge is 0.163 e. The minimum Gasteiger partial charge on any atom is -0.512 e. The van der Waals surface area contributed by atoms with Gasteiger partial charge in [-0.25, -0.2) is 0 Å². The lowest BCUT2D eigenvalue weighted by molar-refractivity contribution is -0.113. The van der Waals surface area contributed by atoms with Crippen LogP contribution in [0.4, 0.5) is 0 Å². The fraction of sp³-hybridized carbons (Fsp3) is 0.312. The lowest BCUT2D eigenvalue weighted by atomic mass is 9.93. The fourth-order valence-electron chi connectivity index (χ4n) is 1.86. The number of aliphatic hydroxyl groups excluding tert-OH is 1. The highest BCUT2D eigenvalue weighted by atomic mass is 16.3. The quantitative estimate of drug-likeness (QED) is 0.480. The normalized spacial score (nSPS) is 12.2. The van der Waals surface area contributed by atoms with E-state index in [9.17, 15) is 9.90 Å². The van der Waals surface area contributed by atoms with Crippen molar-refractivity contribution < 1.29 is 9.90 Å². The summed E-state index contributed by atoms with van der Waals surface area (Å²) in [6, 6.07) is 9.44. The second-order valence-electron chi connectivity index (χ2n) is 4.82. The van der Waals surface area contributed by atoms with E-state index in [0.717, 1.165) is 5.56 Å².